The highest BCUT2D eigenvalue weighted by Crippen LogP contribution is 2.08. The van der Waals surface area contributed by atoms with Gasteiger partial charge >= 0.3 is 0 Å². The Morgan fingerprint density at radius 3 is 2.35 bits per heavy atom. The first-order chi connectivity index (χ1) is 7.68. The van der Waals surface area contributed by atoms with Gasteiger partial charge in [0.15, 0.2) is 0 Å². The molecule has 2 N–H and O–H groups in total. The number of sulfonamides is 1. The zero-order valence-corrected chi connectivity index (χ0v) is 11.4. The molecule has 0 bridgehead atoms. The smallest absolute Gasteiger partial charge is 0.222 e. The van der Waals surface area contributed by atoms with E-state index in [9.17, 15) is 8.42 Å². The summed E-state index contributed by atoms with van der Waals surface area (Å²) >= 11 is 5.64. The number of nitrogens with one attached hydrogen (secondary N) is 2. The minimum Gasteiger partial charge on any atom is -0.352 e. The molecule has 0 fully saturated rings. The number of halogens is 1. The van der Waals surface area contributed by atoms with Crippen LogP contribution < -0.4 is 10.0 Å². The zero-order valence-electron chi connectivity index (χ0n) is 9.86. The molecule has 0 saturated heterocycles. The number of rotatable bonds is 5. The molecule has 0 aromatic carbocycles. The molecule has 17 heavy (non-hydrogen) atoms. The Hall–Kier alpha value is -0.920. The molecule has 1 rings (SSSR count). The summed E-state index contributed by atoms with van der Waals surface area (Å²) in [6.45, 7) is 3.88. The number of anilines is 1. The van der Waals surface area contributed by atoms with E-state index in [2.05, 4.69) is 20.0 Å². The van der Waals surface area contributed by atoms with Gasteiger partial charge in [0.25, 0.3) is 0 Å². The summed E-state index contributed by atoms with van der Waals surface area (Å²) in [6, 6.07) is 0. The van der Waals surface area contributed by atoms with Crippen molar-refractivity contribution in [2.45, 2.75) is 19.4 Å². The van der Waals surface area contributed by atoms with Crippen LogP contribution in [0.15, 0.2) is 12.4 Å². The zero-order chi connectivity index (χ0) is 13.1. The summed E-state index contributed by atoms with van der Waals surface area (Å²) in [5.74, 6) is 0.401. The van der Waals surface area contributed by atoms with E-state index in [-0.39, 0.29) is 0 Å². The van der Waals surface area contributed by atoms with Crippen LogP contribution in [-0.4, -0.2) is 36.7 Å². The summed E-state index contributed by atoms with van der Waals surface area (Å²) in [4.78, 5) is 7.89. The number of hydrogen-bond acceptors (Lipinski definition) is 5. The molecule has 0 saturated carbocycles. The second-order valence-electron chi connectivity index (χ2n) is 4.34. The molecule has 0 spiro atoms. The van der Waals surface area contributed by atoms with Gasteiger partial charge in [0.2, 0.25) is 16.0 Å². The molecule has 8 heteroatoms. The van der Waals surface area contributed by atoms with E-state index in [1.54, 1.807) is 13.8 Å². The lowest BCUT2D eigenvalue weighted by Gasteiger charge is -2.25. The quantitative estimate of drug-likeness (QED) is 0.835. The molecular formula is C9H15ClN4O2S. The molecule has 0 aliphatic rings. The molecule has 0 atom stereocenters. The van der Waals surface area contributed by atoms with Gasteiger partial charge in [0.05, 0.1) is 23.7 Å². The first kappa shape index (κ1) is 14.1. The number of hydrogen-bond donors (Lipinski definition) is 2. The van der Waals surface area contributed by atoms with Gasteiger partial charge < -0.3 is 5.32 Å². The van der Waals surface area contributed by atoms with Crippen molar-refractivity contribution in [2.75, 3.05) is 18.1 Å². The first-order valence-corrected chi connectivity index (χ1v) is 7.15. The predicted molar refractivity (Wildman–Crippen MR) is 67.6 cm³/mol. The summed E-state index contributed by atoms with van der Waals surface area (Å²) in [5.41, 5.74) is -0.628. The third-order valence-corrected chi connectivity index (χ3v) is 2.89. The van der Waals surface area contributed by atoms with E-state index < -0.39 is 15.6 Å². The van der Waals surface area contributed by atoms with Gasteiger partial charge in [-0.1, -0.05) is 11.6 Å². The minimum absolute atomic E-state index is 0.363. The maximum absolute atomic E-state index is 11.1. The average Bonchev–Trinajstić information content (AvgIpc) is 2.13. The summed E-state index contributed by atoms with van der Waals surface area (Å²) in [7, 11) is -3.24. The second-order valence-corrected chi connectivity index (χ2v) is 6.52. The Morgan fingerprint density at radius 2 is 1.88 bits per heavy atom. The molecule has 1 aromatic heterocycles. The maximum atomic E-state index is 11.1. The first-order valence-electron chi connectivity index (χ1n) is 4.88. The van der Waals surface area contributed by atoms with Gasteiger partial charge in [-0.3, -0.25) is 0 Å². The molecule has 0 amide bonds. The topological polar surface area (TPSA) is 84.0 Å². The van der Waals surface area contributed by atoms with Crippen molar-refractivity contribution in [2.24, 2.45) is 0 Å². The van der Waals surface area contributed by atoms with Crippen LogP contribution in [0.1, 0.15) is 13.8 Å². The highest BCUT2D eigenvalue weighted by molar-refractivity contribution is 7.88. The van der Waals surface area contributed by atoms with Gasteiger partial charge in [0.1, 0.15) is 0 Å². The summed E-state index contributed by atoms with van der Waals surface area (Å²) < 4.78 is 24.7. The van der Waals surface area contributed by atoms with Crippen LogP contribution >= 0.6 is 11.6 Å². The largest absolute Gasteiger partial charge is 0.352 e. The van der Waals surface area contributed by atoms with E-state index in [0.717, 1.165) is 6.26 Å². The average molecular weight is 279 g/mol. The van der Waals surface area contributed by atoms with Crippen molar-refractivity contribution >= 4 is 27.6 Å². The van der Waals surface area contributed by atoms with E-state index >= 15 is 0 Å². The summed E-state index contributed by atoms with van der Waals surface area (Å²) in [5, 5.41) is 3.38. The Bertz CT molecular complexity index is 472. The molecule has 6 nitrogen and oxygen atoms in total. The van der Waals surface area contributed by atoms with Gasteiger partial charge in [0, 0.05) is 12.1 Å². The third kappa shape index (κ3) is 5.81. The Kier molecular flexibility index (Phi) is 4.29. The fraction of sp³-hybridized carbons (Fsp3) is 0.556. The van der Waals surface area contributed by atoms with Crippen molar-refractivity contribution < 1.29 is 8.42 Å². The Balaban J connectivity index is 2.58. The van der Waals surface area contributed by atoms with Gasteiger partial charge in [-0.25, -0.2) is 23.1 Å². The van der Waals surface area contributed by atoms with Crippen molar-refractivity contribution in [1.29, 1.82) is 0 Å². The third-order valence-electron chi connectivity index (χ3n) is 1.77. The number of nitrogens with zero attached hydrogens (tertiary/aromatic N) is 2. The highest BCUT2D eigenvalue weighted by Gasteiger charge is 2.21. The standard InChI is InChI=1S/C9H15ClN4O2S/c1-9(2,14-17(3,15)16)6-13-8-11-4-7(10)5-12-8/h4-5,14H,6H2,1-3H3,(H,11,12,13). The molecule has 1 aromatic rings. The van der Waals surface area contributed by atoms with Crippen molar-refractivity contribution in [3.05, 3.63) is 17.4 Å². The SMILES string of the molecule is CC(C)(CNc1ncc(Cl)cn1)NS(C)(=O)=O. The van der Waals surface area contributed by atoms with Crippen molar-refractivity contribution in [3.8, 4) is 0 Å². The van der Waals surface area contributed by atoms with Crippen LogP contribution in [0, 0.1) is 0 Å². The molecular weight excluding hydrogens is 264 g/mol. The normalized spacial score (nSPS) is 12.5. The molecule has 0 aliphatic carbocycles. The van der Waals surface area contributed by atoms with Crippen LogP contribution in [0.4, 0.5) is 5.95 Å². The molecule has 0 unspecified atom stereocenters. The predicted octanol–water partition coefficient (Wildman–Crippen LogP) is 0.870. The number of aromatic nitrogens is 2. The van der Waals surface area contributed by atoms with Gasteiger partial charge in [-0.15, -0.1) is 0 Å². The lowest BCUT2D eigenvalue weighted by molar-refractivity contribution is 0.475. The van der Waals surface area contributed by atoms with Gasteiger partial charge in [-0.05, 0) is 13.8 Å². The van der Waals surface area contributed by atoms with Crippen LogP contribution in [0.2, 0.25) is 5.02 Å². The second kappa shape index (κ2) is 5.16. The minimum atomic E-state index is -3.24. The summed E-state index contributed by atoms with van der Waals surface area (Å²) in [6.07, 6.45) is 4.05. The Morgan fingerprint density at radius 1 is 1.35 bits per heavy atom. The fourth-order valence-electron chi connectivity index (χ4n) is 1.24. The van der Waals surface area contributed by atoms with Crippen LogP contribution in [0.5, 0.6) is 0 Å². The molecule has 96 valence electrons. The van der Waals surface area contributed by atoms with Crippen molar-refractivity contribution in [1.82, 2.24) is 14.7 Å². The van der Waals surface area contributed by atoms with E-state index in [1.807, 2.05) is 0 Å². The molecule has 1 heterocycles. The Labute approximate surface area is 106 Å². The molecule has 0 radical (unpaired) electrons. The lowest BCUT2D eigenvalue weighted by atomic mass is 10.1. The van der Waals surface area contributed by atoms with Gasteiger partial charge in [-0.2, -0.15) is 0 Å². The van der Waals surface area contributed by atoms with Crippen LogP contribution in [0.3, 0.4) is 0 Å². The van der Waals surface area contributed by atoms with Crippen molar-refractivity contribution in [3.63, 3.8) is 0 Å². The fourth-order valence-corrected chi connectivity index (χ4v) is 2.42. The van der Waals surface area contributed by atoms with Crippen LogP contribution in [0.25, 0.3) is 0 Å². The molecule has 0 aliphatic heterocycles. The van der Waals surface area contributed by atoms with Crippen LogP contribution in [-0.2, 0) is 10.0 Å². The maximum Gasteiger partial charge on any atom is 0.222 e. The highest BCUT2D eigenvalue weighted by atomic mass is 35.5. The lowest BCUT2D eigenvalue weighted by Crippen LogP contribution is -2.47. The monoisotopic (exact) mass is 278 g/mol. The van der Waals surface area contributed by atoms with E-state index in [0.29, 0.717) is 17.5 Å². The van der Waals surface area contributed by atoms with E-state index in [4.69, 9.17) is 11.6 Å². The van der Waals surface area contributed by atoms with E-state index in [1.165, 1.54) is 12.4 Å².